The van der Waals surface area contributed by atoms with E-state index >= 15 is 0 Å². The molecule has 1 fully saturated rings. The molecule has 0 bridgehead atoms. The summed E-state index contributed by atoms with van der Waals surface area (Å²) in [7, 11) is 1.90. The van der Waals surface area contributed by atoms with Crippen LogP contribution in [0.5, 0.6) is 11.5 Å². The van der Waals surface area contributed by atoms with Gasteiger partial charge in [0.05, 0.1) is 12.1 Å². The van der Waals surface area contributed by atoms with Crippen LogP contribution in [0.4, 0.5) is 0 Å². The quantitative estimate of drug-likeness (QED) is 0.0405. The summed E-state index contributed by atoms with van der Waals surface area (Å²) in [6.45, 7) is 1.41. The summed E-state index contributed by atoms with van der Waals surface area (Å²) < 4.78 is 0. The normalized spacial score (nSPS) is 21.1. The highest BCUT2D eigenvalue weighted by Crippen LogP contribution is 2.24. The van der Waals surface area contributed by atoms with Gasteiger partial charge >= 0.3 is 0 Å². The standard InChI is InChI=1S/C53H66ClN11O12S2/c1-28(66)44-53(77)64-43(51(75)60-39(46(58)70)23-31-9-17-35(67)18-10-31)27-79-78-26-42(63-47(71)37(56)22-29-7-15-34(54)16-8-29)52(76)62-41(25-32-11-19-36(68)20-12-32)50(74)61-40(24-30-5-13-33(14-6-30)45(57)69)49(73)59-38(48(72)65-44)4-2-3-21-55/h5-20,28,37-44,66-68H,2-4,21-27,55-56H2,1H3,(H2,57,69)(H2,58,70)(H,59,73)(H,60,75)(H,61,74)(H,62,76)(H,63,71)(H,64,77)(H,65,72)/t28-,37+,38+,39?,40-,41+,42-,43+,44+/m1/s1. The lowest BCUT2D eigenvalue weighted by Crippen LogP contribution is -2.62. The molecule has 1 aliphatic rings. The molecule has 0 saturated carbocycles. The average Bonchev–Trinajstić information content (AvgIpc) is 3.41. The molecule has 9 amide bonds. The van der Waals surface area contributed by atoms with E-state index in [9.17, 15) is 58.5 Å². The van der Waals surface area contributed by atoms with Crippen LogP contribution in [0.15, 0.2) is 97.1 Å². The number of aliphatic hydroxyl groups excluding tert-OH is 1. The van der Waals surface area contributed by atoms with Crippen molar-refractivity contribution < 1.29 is 58.5 Å². The van der Waals surface area contributed by atoms with E-state index in [4.69, 9.17) is 34.5 Å². The number of amides is 9. The van der Waals surface area contributed by atoms with Gasteiger partial charge in [0.15, 0.2) is 0 Å². The first-order valence-electron chi connectivity index (χ1n) is 25.1. The molecule has 1 heterocycles. The van der Waals surface area contributed by atoms with Crippen molar-refractivity contribution in [3.8, 4) is 11.5 Å². The zero-order valence-electron chi connectivity index (χ0n) is 43.0. The number of hydrogen-bond acceptors (Lipinski definition) is 16. The Morgan fingerprint density at radius 1 is 0.646 bits per heavy atom. The van der Waals surface area contributed by atoms with Crippen LogP contribution < -0.4 is 60.2 Å². The number of hydrogen-bond donors (Lipinski definition) is 14. The lowest BCUT2D eigenvalue weighted by Gasteiger charge is -2.29. The van der Waals surface area contributed by atoms with Crippen LogP contribution in [-0.2, 0) is 64.0 Å². The fraction of sp³-hybridized carbons (Fsp3) is 0.377. The average molecular weight is 1150 g/mol. The van der Waals surface area contributed by atoms with E-state index in [1.807, 2.05) is 0 Å². The number of carbonyl (C=O) groups excluding carboxylic acids is 9. The molecule has 23 nitrogen and oxygen atoms in total. The summed E-state index contributed by atoms with van der Waals surface area (Å²) in [5.74, 6) is -8.79. The van der Waals surface area contributed by atoms with Crippen LogP contribution in [0, 0.1) is 0 Å². The molecular formula is C53H66ClN11O12S2. The first-order valence-corrected chi connectivity index (χ1v) is 28.0. The van der Waals surface area contributed by atoms with Gasteiger partial charge in [-0.2, -0.15) is 0 Å². The fourth-order valence-electron chi connectivity index (χ4n) is 8.03. The Bertz CT molecular complexity index is 2760. The molecule has 9 atom stereocenters. The monoisotopic (exact) mass is 1150 g/mol. The molecular weight excluding hydrogens is 1080 g/mol. The number of unbranched alkanes of at least 4 members (excludes halogenated alkanes) is 1. The molecule has 424 valence electrons. The minimum Gasteiger partial charge on any atom is -0.508 e. The van der Waals surface area contributed by atoms with Crippen molar-refractivity contribution in [1.82, 2.24) is 37.2 Å². The van der Waals surface area contributed by atoms with Crippen molar-refractivity contribution in [1.29, 1.82) is 0 Å². The third-order valence-corrected chi connectivity index (χ3v) is 15.2. The van der Waals surface area contributed by atoms with Crippen molar-refractivity contribution in [3.63, 3.8) is 0 Å². The van der Waals surface area contributed by atoms with Crippen molar-refractivity contribution in [3.05, 3.63) is 130 Å². The van der Waals surface area contributed by atoms with Crippen LogP contribution in [0.3, 0.4) is 0 Å². The molecule has 26 heteroatoms. The maximum Gasteiger partial charge on any atom is 0.248 e. The molecule has 4 aromatic carbocycles. The number of halogens is 1. The number of primary amides is 2. The number of benzene rings is 4. The molecule has 1 unspecified atom stereocenters. The number of phenols is 2. The number of nitrogens with two attached hydrogens (primary N) is 4. The first-order chi connectivity index (χ1) is 37.6. The van der Waals surface area contributed by atoms with Crippen molar-refractivity contribution in [2.24, 2.45) is 22.9 Å². The van der Waals surface area contributed by atoms with E-state index in [0.717, 1.165) is 21.6 Å². The Kier molecular flexibility index (Phi) is 24.2. The van der Waals surface area contributed by atoms with Gasteiger partial charge in [-0.05, 0) is 110 Å². The van der Waals surface area contributed by atoms with E-state index in [1.54, 1.807) is 24.3 Å². The molecule has 0 aliphatic carbocycles. The molecule has 1 saturated heterocycles. The van der Waals surface area contributed by atoms with Gasteiger partial charge in [0.2, 0.25) is 53.2 Å². The van der Waals surface area contributed by atoms with Crippen LogP contribution in [0.2, 0.25) is 5.02 Å². The molecule has 79 heavy (non-hydrogen) atoms. The smallest absolute Gasteiger partial charge is 0.248 e. The molecule has 18 N–H and O–H groups in total. The summed E-state index contributed by atoms with van der Waals surface area (Å²) in [5.41, 5.74) is 25.5. The topological polar surface area (TPSA) is 403 Å². The number of aliphatic hydroxyl groups is 1. The van der Waals surface area contributed by atoms with Crippen molar-refractivity contribution in [2.45, 2.75) is 106 Å². The minimum absolute atomic E-state index is 0.0249. The third kappa shape index (κ3) is 20.1. The molecule has 4 aromatic rings. The predicted molar refractivity (Wildman–Crippen MR) is 298 cm³/mol. The Labute approximate surface area is 468 Å². The van der Waals surface area contributed by atoms with Gasteiger partial charge in [-0.15, -0.1) is 0 Å². The second-order valence-corrected chi connectivity index (χ2v) is 21.8. The lowest BCUT2D eigenvalue weighted by molar-refractivity contribution is -0.136. The SMILES string of the molecule is C[C@@H](O)[C@@H]1NC(=O)[C@H](CCCCN)NC(=O)[C@@H](Cc2ccc(C(N)=O)cc2)NC(=O)[C@H](Cc2ccc(O)cc2)NC(=O)[C@H](NC(=O)[C@@H](N)Cc2ccc(Cl)cc2)CSSC[C@@H](C(=O)NC(Cc2ccc(O)cc2)C(N)=O)NC1=O. The Balaban J connectivity index is 1.57. The van der Waals surface area contributed by atoms with E-state index in [2.05, 4.69) is 37.2 Å². The van der Waals surface area contributed by atoms with Crippen molar-refractivity contribution >= 4 is 86.4 Å². The largest absolute Gasteiger partial charge is 0.508 e. The Hall–Kier alpha value is -7.42. The van der Waals surface area contributed by atoms with E-state index in [1.165, 1.54) is 79.7 Å². The number of carbonyl (C=O) groups is 9. The van der Waals surface area contributed by atoms with E-state index in [-0.39, 0.29) is 73.6 Å². The maximum atomic E-state index is 14.7. The third-order valence-electron chi connectivity index (χ3n) is 12.5. The van der Waals surface area contributed by atoms with Gasteiger partial charge in [0.1, 0.15) is 53.8 Å². The summed E-state index contributed by atoms with van der Waals surface area (Å²) in [6, 6.07) is 12.2. The lowest BCUT2D eigenvalue weighted by atomic mass is 10.00. The maximum absolute atomic E-state index is 14.7. The summed E-state index contributed by atoms with van der Waals surface area (Å²) in [4.78, 5) is 125. The van der Waals surface area contributed by atoms with Gasteiger partial charge in [-0.3, -0.25) is 43.2 Å². The second kappa shape index (κ2) is 30.7. The molecule has 0 aromatic heterocycles. The zero-order valence-corrected chi connectivity index (χ0v) is 45.4. The van der Waals surface area contributed by atoms with Crippen LogP contribution in [0.1, 0.15) is 58.8 Å². The molecule has 0 spiro atoms. The molecule has 5 rings (SSSR count). The van der Waals surface area contributed by atoms with E-state index in [0.29, 0.717) is 33.7 Å². The highest BCUT2D eigenvalue weighted by atomic mass is 35.5. The minimum atomic E-state index is -1.76. The zero-order chi connectivity index (χ0) is 57.8. The van der Waals surface area contributed by atoms with Gasteiger partial charge in [-0.1, -0.05) is 81.7 Å². The number of aromatic hydroxyl groups is 2. The van der Waals surface area contributed by atoms with E-state index < -0.39 is 108 Å². The second-order valence-electron chi connectivity index (χ2n) is 18.8. The Morgan fingerprint density at radius 2 is 1.14 bits per heavy atom. The number of rotatable bonds is 19. The fourth-order valence-corrected chi connectivity index (χ4v) is 10.5. The summed E-state index contributed by atoms with van der Waals surface area (Å²) >= 11 is 6.07. The van der Waals surface area contributed by atoms with Gasteiger partial charge in [0, 0.05) is 41.4 Å². The molecule has 1 aliphatic heterocycles. The van der Waals surface area contributed by atoms with Crippen LogP contribution >= 0.6 is 33.2 Å². The predicted octanol–water partition coefficient (Wildman–Crippen LogP) is -0.768. The van der Waals surface area contributed by atoms with Gasteiger partial charge < -0.3 is 75.5 Å². The van der Waals surface area contributed by atoms with Crippen LogP contribution in [-0.4, -0.2) is 141 Å². The highest BCUT2D eigenvalue weighted by Gasteiger charge is 2.36. The number of phenolic OH excluding ortho intramolecular Hbond substituents is 2. The highest BCUT2D eigenvalue weighted by molar-refractivity contribution is 8.76. The summed E-state index contributed by atoms with van der Waals surface area (Å²) in [5, 5.41) is 49.7. The first kappa shape index (κ1) is 62.4. The molecule has 0 radical (unpaired) electrons. The van der Waals surface area contributed by atoms with Crippen molar-refractivity contribution in [2.75, 3.05) is 18.1 Å². The Morgan fingerprint density at radius 3 is 1.68 bits per heavy atom. The number of nitrogens with one attached hydrogen (secondary N) is 7. The summed E-state index contributed by atoms with van der Waals surface area (Å²) in [6.07, 6.45) is -1.57. The van der Waals surface area contributed by atoms with Gasteiger partial charge in [0.25, 0.3) is 0 Å². The van der Waals surface area contributed by atoms with Gasteiger partial charge in [-0.25, -0.2) is 0 Å². The van der Waals surface area contributed by atoms with Crippen LogP contribution in [0.25, 0.3) is 0 Å².